The lowest BCUT2D eigenvalue weighted by atomic mass is 9.46. The lowest BCUT2D eigenvalue weighted by molar-refractivity contribution is -0.139. The average Bonchev–Trinajstić information content (AvgIpc) is 3.02. The van der Waals surface area contributed by atoms with Crippen LogP contribution >= 0.6 is 0 Å². The van der Waals surface area contributed by atoms with Crippen LogP contribution in [0.2, 0.25) is 0 Å². The second-order valence-corrected chi connectivity index (χ2v) is 12.3. The van der Waals surface area contributed by atoms with Gasteiger partial charge in [-0.1, -0.05) is 57.9 Å². The van der Waals surface area contributed by atoms with Gasteiger partial charge in [0.25, 0.3) is 0 Å². The number of allylic oxidation sites excluding steroid dienone is 6. The minimum atomic E-state index is -0.154. The summed E-state index contributed by atoms with van der Waals surface area (Å²) < 4.78 is 0. The molecule has 5 atom stereocenters. The van der Waals surface area contributed by atoms with Gasteiger partial charge in [0.2, 0.25) is 0 Å². The topological polar surface area (TPSA) is 17.1 Å². The predicted molar refractivity (Wildman–Crippen MR) is 127 cm³/mol. The summed E-state index contributed by atoms with van der Waals surface area (Å²) in [5, 5.41) is 0. The first-order chi connectivity index (χ1) is 14.0. The molecule has 0 amide bonds. The number of hydrogen-bond donors (Lipinski definition) is 0. The lowest BCUT2D eigenvalue weighted by Gasteiger charge is -2.57. The Labute approximate surface area is 185 Å². The van der Waals surface area contributed by atoms with Crippen LogP contribution in [0.4, 0.5) is 0 Å². The van der Waals surface area contributed by atoms with Crippen molar-refractivity contribution in [2.45, 2.75) is 106 Å². The quantitative estimate of drug-likeness (QED) is 0.428. The molecule has 0 unspecified atom stereocenters. The van der Waals surface area contributed by atoms with E-state index in [1.165, 1.54) is 50.5 Å². The zero-order valence-electron chi connectivity index (χ0n) is 20.7. The van der Waals surface area contributed by atoms with E-state index in [4.69, 9.17) is 0 Å². The summed E-state index contributed by atoms with van der Waals surface area (Å²) in [6.45, 7) is 16.5. The van der Waals surface area contributed by atoms with Crippen molar-refractivity contribution in [1.29, 1.82) is 0 Å². The van der Waals surface area contributed by atoms with Crippen LogP contribution in [0.3, 0.4) is 0 Å². The Hall–Kier alpha value is -1.11. The van der Waals surface area contributed by atoms with Crippen LogP contribution in [0.1, 0.15) is 106 Å². The molecule has 0 aromatic carbocycles. The number of rotatable bonds is 4. The normalized spacial score (nSPS) is 38.4. The Bertz CT molecular complexity index is 817. The van der Waals surface area contributed by atoms with Gasteiger partial charge in [-0.25, -0.2) is 0 Å². The third-order valence-corrected chi connectivity index (χ3v) is 10.1. The fourth-order valence-electron chi connectivity index (χ4n) is 8.23. The van der Waals surface area contributed by atoms with E-state index in [0.29, 0.717) is 17.1 Å². The molecular formula is C29H44O. The highest BCUT2D eigenvalue weighted by molar-refractivity contribution is 5.86. The van der Waals surface area contributed by atoms with Gasteiger partial charge in [-0.15, -0.1) is 0 Å². The molecule has 1 saturated carbocycles. The van der Waals surface area contributed by atoms with Gasteiger partial charge in [-0.2, -0.15) is 0 Å². The summed E-state index contributed by atoms with van der Waals surface area (Å²) in [6.07, 6.45) is 15.7. The second-order valence-electron chi connectivity index (χ2n) is 12.3. The first-order valence-electron chi connectivity index (χ1n) is 12.6. The molecule has 0 N–H and O–H groups in total. The van der Waals surface area contributed by atoms with Crippen molar-refractivity contribution in [3.63, 3.8) is 0 Å². The largest absolute Gasteiger partial charge is 0.299 e. The van der Waals surface area contributed by atoms with Crippen LogP contribution in [0, 0.1) is 34.0 Å². The van der Waals surface area contributed by atoms with Crippen LogP contribution in [-0.4, -0.2) is 5.78 Å². The maximum atomic E-state index is 12.7. The maximum absolute atomic E-state index is 12.7. The zero-order chi connectivity index (χ0) is 21.9. The first-order valence-corrected chi connectivity index (χ1v) is 12.6. The first kappa shape index (κ1) is 22.1. The standard InChI is InChI=1S/C29H44O/c1-19(2)9-8-10-20(3)22-12-13-23-21-11-14-25-27(4,5)26(30)16-18-29(25,7)24(21)15-17-28(22,23)6/h9,13,20,22,25H,8,10-12,14-18H2,1-7H3/t20-,22-,25+,28-,29-/m1/s1. The fourth-order valence-corrected chi connectivity index (χ4v) is 8.23. The molecular weight excluding hydrogens is 364 g/mol. The molecule has 0 bridgehead atoms. The smallest absolute Gasteiger partial charge is 0.138 e. The summed E-state index contributed by atoms with van der Waals surface area (Å²) in [5.41, 5.74) is 7.10. The second kappa shape index (κ2) is 7.49. The van der Waals surface area contributed by atoms with Gasteiger partial charge in [0, 0.05) is 11.8 Å². The molecule has 1 fully saturated rings. The third kappa shape index (κ3) is 3.21. The van der Waals surface area contributed by atoms with Crippen molar-refractivity contribution in [3.8, 4) is 0 Å². The highest BCUT2D eigenvalue weighted by atomic mass is 16.1. The van der Waals surface area contributed by atoms with Crippen LogP contribution in [0.25, 0.3) is 0 Å². The van der Waals surface area contributed by atoms with Gasteiger partial charge in [-0.3, -0.25) is 4.79 Å². The van der Waals surface area contributed by atoms with Gasteiger partial charge in [0.1, 0.15) is 5.78 Å². The molecule has 0 aliphatic heterocycles. The maximum Gasteiger partial charge on any atom is 0.138 e. The van der Waals surface area contributed by atoms with Crippen LogP contribution < -0.4 is 0 Å². The van der Waals surface area contributed by atoms with Crippen molar-refractivity contribution in [2.75, 3.05) is 0 Å². The molecule has 0 radical (unpaired) electrons. The van der Waals surface area contributed by atoms with E-state index in [0.717, 1.165) is 24.7 Å². The van der Waals surface area contributed by atoms with Crippen molar-refractivity contribution in [1.82, 2.24) is 0 Å². The van der Waals surface area contributed by atoms with E-state index >= 15 is 0 Å². The molecule has 166 valence electrons. The number of fused-ring (bicyclic) bond motifs is 4. The predicted octanol–water partition coefficient (Wildman–Crippen LogP) is 8.22. The Morgan fingerprint density at radius 2 is 1.80 bits per heavy atom. The van der Waals surface area contributed by atoms with E-state index in [9.17, 15) is 4.79 Å². The summed E-state index contributed by atoms with van der Waals surface area (Å²) >= 11 is 0. The number of carbonyl (C=O) groups excluding carboxylic acids is 1. The molecule has 4 aliphatic rings. The highest BCUT2D eigenvalue weighted by Crippen LogP contribution is 2.66. The van der Waals surface area contributed by atoms with Crippen molar-refractivity contribution in [2.24, 2.45) is 34.0 Å². The fraction of sp³-hybridized carbons (Fsp3) is 0.759. The lowest BCUT2D eigenvalue weighted by Crippen LogP contribution is -2.51. The summed E-state index contributed by atoms with van der Waals surface area (Å²) in [4.78, 5) is 12.7. The van der Waals surface area contributed by atoms with Gasteiger partial charge < -0.3 is 0 Å². The highest BCUT2D eigenvalue weighted by Gasteiger charge is 2.57. The molecule has 1 heteroatoms. The molecule has 4 rings (SSSR count). The molecule has 0 heterocycles. The van der Waals surface area contributed by atoms with Crippen molar-refractivity contribution < 1.29 is 4.79 Å². The molecule has 0 aromatic heterocycles. The Morgan fingerprint density at radius 3 is 2.50 bits per heavy atom. The van der Waals surface area contributed by atoms with E-state index < -0.39 is 0 Å². The van der Waals surface area contributed by atoms with E-state index in [2.05, 4.69) is 60.6 Å². The Kier molecular flexibility index (Phi) is 5.52. The number of ketones is 1. The van der Waals surface area contributed by atoms with Crippen LogP contribution in [-0.2, 0) is 4.79 Å². The van der Waals surface area contributed by atoms with Gasteiger partial charge >= 0.3 is 0 Å². The number of carbonyl (C=O) groups is 1. The van der Waals surface area contributed by atoms with Gasteiger partial charge in [0.15, 0.2) is 0 Å². The SMILES string of the molecule is CC(C)=CCC[C@@H](C)[C@H]1CC=C2C3=C(CC[C@@]21C)[C@@]1(C)CCC(=O)C(C)(C)[C@@H]1CC3. The molecule has 1 nitrogen and oxygen atoms in total. The summed E-state index contributed by atoms with van der Waals surface area (Å²) in [7, 11) is 0. The van der Waals surface area contributed by atoms with Crippen molar-refractivity contribution in [3.05, 3.63) is 34.4 Å². The third-order valence-electron chi connectivity index (χ3n) is 10.1. The van der Waals surface area contributed by atoms with Crippen molar-refractivity contribution >= 4 is 5.78 Å². The summed E-state index contributed by atoms with van der Waals surface area (Å²) in [5.74, 6) is 2.59. The molecule has 30 heavy (non-hydrogen) atoms. The van der Waals surface area contributed by atoms with Crippen LogP contribution in [0.5, 0.6) is 0 Å². The minimum Gasteiger partial charge on any atom is -0.299 e. The monoisotopic (exact) mass is 408 g/mol. The number of hydrogen-bond acceptors (Lipinski definition) is 1. The van der Waals surface area contributed by atoms with E-state index in [1.807, 2.05) is 0 Å². The Morgan fingerprint density at radius 1 is 1.10 bits per heavy atom. The zero-order valence-corrected chi connectivity index (χ0v) is 20.7. The number of Topliss-reactive ketones (excluding diaryl/α,β-unsaturated/α-hetero) is 1. The van der Waals surface area contributed by atoms with Gasteiger partial charge in [-0.05, 0) is 105 Å². The minimum absolute atomic E-state index is 0.154. The molecule has 0 aromatic rings. The summed E-state index contributed by atoms with van der Waals surface area (Å²) in [6, 6.07) is 0. The molecule has 0 saturated heterocycles. The van der Waals surface area contributed by atoms with Crippen LogP contribution in [0.15, 0.2) is 34.4 Å². The molecule has 0 spiro atoms. The Balaban J connectivity index is 1.61. The molecule has 4 aliphatic carbocycles. The average molecular weight is 409 g/mol. The van der Waals surface area contributed by atoms with Gasteiger partial charge in [0.05, 0.1) is 0 Å². The van der Waals surface area contributed by atoms with E-state index in [1.54, 1.807) is 16.7 Å². The van der Waals surface area contributed by atoms with E-state index in [-0.39, 0.29) is 10.8 Å².